The molecule has 0 atom stereocenters. The lowest BCUT2D eigenvalue weighted by atomic mass is 10.2. The highest BCUT2D eigenvalue weighted by molar-refractivity contribution is 5.80. The van der Waals surface area contributed by atoms with Crippen LogP contribution in [0.1, 0.15) is 0 Å². The lowest BCUT2D eigenvalue weighted by Gasteiger charge is -1.96. The van der Waals surface area contributed by atoms with Gasteiger partial charge in [-0.1, -0.05) is 23.0 Å². The van der Waals surface area contributed by atoms with Crippen LogP contribution in [0.3, 0.4) is 0 Å². The second-order valence-corrected chi connectivity index (χ2v) is 2.43. The van der Waals surface area contributed by atoms with Gasteiger partial charge in [-0.3, -0.25) is 4.79 Å². The molecule has 0 unspecified atom stereocenters. The Kier molecular flexibility index (Phi) is 1.33. The maximum Gasteiger partial charge on any atom is 0.310 e. The number of hydrogen-bond acceptors (Lipinski definition) is 3. The maximum atomic E-state index is 11.2. The van der Waals surface area contributed by atoms with Gasteiger partial charge in [-0.25, -0.2) is 0 Å². The summed E-state index contributed by atoms with van der Waals surface area (Å²) >= 11 is 0. The summed E-state index contributed by atoms with van der Waals surface area (Å²) in [5.74, 6) is 0. The van der Waals surface area contributed by atoms with Crippen molar-refractivity contribution < 1.29 is 5.21 Å². The molecule has 0 radical (unpaired) electrons. The Bertz CT molecular complexity index is 476. The van der Waals surface area contributed by atoms with Gasteiger partial charge in [0.2, 0.25) is 0 Å². The van der Waals surface area contributed by atoms with Crippen LogP contribution in [0.4, 0.5) is 0 Å². The van der Waals surface area contributed by atoms with Crippen LogP contribution in [0.5, 0.6) is 0 Å². The zero-order valence-corrected chi connectivity index (χ0v) is 6.14. The molecule has 0 fully saturated rings. The van der Waals surface area contributed by atoms with Gasteiger partial charge in [-0.2, -0.15) is 0 Å². The van der Waals surface area contributed by atoms with Gasteiger partial charge in [0, 0.05) is 5.39 Å². The smallest absolute Gasteiger partial charge is 0.310 e. The quantitative estimate of drug-likeness (QED) is 0.578. The van der Waals surface area contributed by atoms with Gasteiger partial charge in [0.05, 0.1) is 11.6 Å². The summed E-state index contributed by atoms with van der Waals surface area (Å²) in [5, 5.41) is 13.6. The topological polar surface area (TPSA) is 55.1 Å². The molecule has 1 aromatic carbocycles. The summed E-state index contributed by atoms with van der Waals surface area (Å²) < 4.78 is 0. The van der Waals surface area contributed by atoms with E-state index in [1.165, 1.54) is 6.20 Å². The van der Waals surface area contributed by atoms with Crippen LogP contribution in [0.2, 0.25) is 0 Å². The second kappa shape index (κ2) is 2.34. The van der Waals surface area contributed by atoms with Crippen LogP contribution in [-0.2, 0) is 0 Å². The van der Waals surface area contributed by atoms with Crippen molar-refractivity contribution in [2.45, 2.75) is 0 Å². The van der Waals surface area contributed by atoms with Gasteiger partial charge in [-0.15, -0.1) is 5.10 Å². The average molecular weight is 162 g/mol. The minimum absolute atomic E-state index is 0.336. The van der Waals surface area contributed by atoms with E-state index in [9.17, 15) is 4.79 Å². The summed E-state index contributed by atoms with van der Waals surface area (Å²) in [6.45, 7) is 0. The third-order valence-electron chi connectivity index (χ3n) is 1.68. The molecule has 0 aliphatic heterocycles. The number of hydrogen-bond donors (Lipinski definition) is 1. The highest BCUT2D eigenvalue weighted by Gasteiger charge is 1.99. The first kappa shape index (κ1) is 6.84. The normalized spacial score (nSPS) is 10.3. The van der Waals surface area contributed by atoms with E-state index in [1.807, 2.05) is 6.07 Å². The fraction of sp³-hybridized carbons (Fsp3) is 0. The molecule has 0 saturated heterocycles. The molecule has 1 heterocycles. The van der Waals surface area contributed by atoms with Crippen LogP contribution in [0, 0.1) is 0 Å². The van der Waals surface area contributed by atoms with Gasteiger partial charge in [0.25, 0.3) is 0 Å². The zero-order chi connectivity index (χ0) is 8.55. The SMILES string of the molecule is O=c1c2ccccc2cnn1O. The molecule has 12 heavy (non-hydrogen) atoms. The monoisotopic (exact) mass is 162 g/mol. The summed E-state index contributed by atoms with van der Waals surface area (Å²) in [7, 11) is 0. The van der Waals surface area contributed by atoms with Crippen molar-refractivity contribution in [3.05, 3.63) is 40.8 Å². The number of benzene rings is 1. The van der Waals surface area contributed by atoms with Crippen LogP contribution >= 0.6 is 0 Å². The molecular weight excluding hydrogens is 156 g/mol. The molecule has 0 bridgehead atoms. The van der Waals surface area contributed by atoms with Crippen LogP contribution < -0.4 is 5.56 Å². The van der Waals surface area contributed by atoms with Crippen molar-refractivity contribution in [2.75, 3.05) is 0 Å². The van der Waals surface area contributed by atoms with E-state index >= 15 is 0 Å². The van der Waals surface area contributed by atoms with Gasteiger partial charge >= 0.3 is 5.56 Å². The third kappa shape index (κ3) is 0.852. The van der Waals surface area contributed by atoms with E-state index in [-0.39, 0.29) is 0 Å². The molecule has 2 rings (SSSR count). The summed E-state index contributed by atoms with van der Waals surface area (Å²) in [4.78, 5) is 11.5. The average Bonchev–Trinajstić information content (AvgIpc) is 2.12. The van der Waals surface area contributed by atoms with E-state index in [1.54, 1.807) is 18.2 Å². The van der Waals surface area contributed by atoms with Gasteiger partial charge in [-0.05, 0) is 6.07 Å². The predicted molar refractivity (Wildman–Crippen MR) is 43.2 cm³/mol. The zero-order valence-electron chi connectivity index (χ0n) is 6.14. The molecule has 0 aliphatic rings. The Hall–Kier alpha value is -1.84. The van der Waals surface area contributed by atoms with Crippen molar-refractivity contribution in [2.24, 2.45) is 0 Å². The molecule has 0 saturated carbocycles. The van der Waals surface area contributed by atoms with E-state index in [0.29, 0.717) is 10.2 Å². The minimum atomic E-state index is -0.492. The van der Waals surface area contributed by atoms with E-state index in [2.05, 4.69) is 5.10 Å². The Labute approximate surface area is 67.6 Å². The number of aromatic nitrogens is 2. The Morgan fingerprint density at radius 1 is 1.33 bits per heavy atom. The Morgan fingerprint density at radius 3 is 2.92 bits per heavy atom. The second-order valence-electron chi connectivity index (χ2n) is 2.43. The molecule has 0 spiro atoms. The van der Waals surface area contributed by atoms with Crippen LogP contribution in [-0.4, -0.2) is 15.2 Å². The highest BCUT2D eigenvalue weighted by atomic mass is 16.5. The first-order valence-corrected chi connectivity index (χ1v) is 3.45. The molecular formula is C8H6N2O2. The van der Waals surface area contributed by atoms with Crippen molar-refractivity contribution in [3.63, 3.8) is 0 Å². The Morgan fingerprint density at radius 2 is 2.08 bits per heavy atom. The van der Waals surface area contributed by atoms with Gasteiger partial charge in [0.15, 0.2) is 0 Å². The summed E-state index contributed by atoms with van der Waals surface area (Å²) in [6.07, 6.45) is 1.44. The van der Waals surface area contributed by atoms with E-state index < -0.39 is 5.56 Å². The van der Waals surface area contributed by atoms with Crippen molar-refractivity contribution >= 4 is 10.8 Å². The first-order valence-electron chi connectivity index (χ1n) is 3.45. The lowest BCUT2D eigenvalue weighted by molar-refractivity contribution is 0.136. The molecule has 1 aromatic heterocycles. The van der Waals surface area contributed by atoms with Crippen molar-refractivity contribution in [1.29, 1.82) is 0 Å². The van der Waals surface area contributed by atoms with Crippen molar-refractivity contribution in [1.82, 2.24) is 9.94 Å². The molecule has 0 aliphatic carbocycles. The molecule has 2 aromatic rings. The molecule has 60 valence electrons. The lowest BCUT2D eigenvalue weighted by Crippen LogP contribution is -2.19. The first-order chi connectivity index (χ1) is 5.79. The largest absolute Gasteiger partial charge is 0.409 e. The predicted octanol–water partition coefficient (Wildman–Crippen LogP) is 0.634. The number of rotatable bonds is 0. The van der Waals surface area contributed by atoms with Crippen LogP contribution in [0.25, 0.3) is 10.8 Å². The maximum absolute atomic E-state index is 11.2. The Balaban J connectivity index is 3.01. The minimum Gasteiger partial charge on any atom is -0.409 e. The number of fused-ring (bicyclic) bond motifs is 1. The summed E-state index contributed by atoms with van der Waals surface area (Å²) in [5.41, 5.74) is -0.492. The standard InChI is InChI=1S/C8H6N2O2/c11-8-7-4-2-1-3-6(7)5-9-10(8)12/h1-5,12H. The number of nitrogens with zero attached hydrogens (tertiary/aromatic N) is 2. The van der Waals surface area contributed by atoms with E-state index in [4.69, 9.17) is 5.21 Å². The van der Waals surface area contributed by atoms with E-state index in [0.717, 1.165) is 5.39 Å². The molecule has 4 heteroatoms. The van der Waals surface area contributed by atoms with Crippen molar-refractivity contribution in [3.8, 4) is 0 Å². The highest BCUT2D eigenvalue weighted by Crippen LogP contribution is 2.05. The molecule has 4 nitrogen and oxygen atoms in total. The van der Waals surface area contributed by atoms with Gasteiger partial charge < -0.3 is 5.21 Å². The molecule has 1 N–H and O–H groups in total. The summed E-state index contributed by atoms with van der Waals surface area (Å²) in [6, 6.07) is 6.96. The molecule has 0 amide bonds. The fourth-order valence-corrected chi connectivity index (χ4v) is 1.08. The third-order valence-corrected chi connectivity index (χ3v) is 1.68. The fourth-order valence-electron chi connectivity index (χ4n) is 1.08. The van der Waals surface area contributed by atoms with Crippen LogP contribution in [0.15, 0.2) is 35.3 Å². The van der Waals surface area contributed by atoms with Gasteiger partial charge in [0.1, 0.15) is 0 Å².